The predicted molar refractivity (Wildman–Crippen MR) is 119 cm³/mol. The van der Waals surface area contributed by atoms with Crippen molar-refractivity contribution in [2.75, 3.05) is 6.61 Å². The van der Waals surface area contributed by atoms with E-state index in [1.165, 1.54) is 22.9 Å². The number of aromatic nitrogens is 4. The number of nitrogens with zero attached hydrogens (tertiary/aromatic N) is 7. The Morgan fingerprint density at radius 2 is 2.00 bits per heavy atom. The summed E-state index contributed by atoms with van der Waals surface area (Å²) in [6.07, 6.45) is 7.21. The Balaban J connectivity index is 1.77. The highest BCUT2D eigenvalue weighted by atomic mass is 19.1. The second kappa shape index (κ2) is 10.1. The molecule has 4 aromatic rings. The Morgan fingerprint density at radius 3 is 2.79 bits per heavy atom. The number of hydrogen-bond acceptors (Lipinski definition) is 6. The van der Waals surface area contributed by atoms with Gasteiger partial charge in [0.1, 0.15) is 35.1 Å². The predicted octanol–water partition coefficient (Wildman–Crippen LogP) is 4.75. The Hall–Kier alpha value is -4.61. The highest BCUT2D eigenvalue weighted by molar-refractivity contribution is 5.82. The number of ether oxygens (including phenoxy) is 2. The highest BCUT2D eigenvalue weighted by Crippen LogP contribution is 2.30. The summed E-state index contributed by atoms with van der Waals surface area (Å²) in [5.41, 5.74) is 10.5. The minimum Gasteiger partial charge on any atom is -0.490 e. The molecule has 0 amide bonds. The average Bonchev–Trinajstić information content (AvgIpc) is 3.26. The van der Waals surface area contributed by atoms with Crippen LogP contribution < -0.4 is 9.47 Å². The van der Waals surface area contributed by atoms with E-state index in [4.69, 9.17) is 21.4 Å². The topological polar surface area (TPSA) is 111 Å². The van der Waals surface area contributed by atoms with Gasteiger partial charge in [-0.25, -0.2) is 14.1 Å². The van der Waals surface area contributed by atoms with E-state index in [1.54, 1.807) is 6.20 Å². The molecule has 2 aromatic heterocycles. The van der Waals surface area contributed by atoms with E-state index in [9.17, 15) is 4.39 Å². The lowest BCUT2D eigenvalue weighted by Crippen LogP contribution is -2.06. The Kier molecular flexibility index (Phi) is 6.64. The van der Waals surface area contributed by atoms with Crippen molar-refractivity contribution in [2.45, 2.75) is 19.6 Å². The number of rotatable bonds is 9. The zero-order valence-electron chi connectivity index (χ0n) is 17.4. The molecule has 2 aromatic carbocycles. The summed E-state index contributed by atoms with van der Waals surface area (Å²) in [5, 5.41) is 8.50. The van der Waals surface area contributed by atoms with Crippen molar-refractivity contribution in [1.29, 1.82) is 0 Å². The number of halogens is 1. The lowest BCUT2D eigenvalue weighted by Gasteiger charge is -2.12. The summed E-state index contributed by atoms with van der Waals surface area (Å²) in [7, 11) is 0. The first kappa shape index (κ1) is 21.6. The average molecular weight is 443 g/mol. The van der Waals surface area contributed by atoms with Crippen molar-refractivity contribution in [1.82, 2.24) is 19.7 Å². The van der Waals surface area contributed by atoms with Gasteiger partial charge in [-0.1, -0.05) is 35.4 Å². The first-order valence-electron chi connectivity index (χ1n) is 9.98. The number of fused-ring (bicyclic) bond motifs is 1. The monoisotopic (exact) mass is 443 g/mol. The maximum atomic E-state index is 13.9. The van der Waals surface area contributed by atoms with Crippen molar-refractivity contribution in [3.63, 3.8) is 0 Å². The summed E-state index contributed by atoms with van der Waals surface area (Å²) >= 11 is 0. The Bertz CT molecular complexity index is 1360. The summed E-state index contributed by atoms with van der Waals surface area (Å²) < 4.78 is 27.0. The van der Waals surface area contributed by atoms with Crippen LogP contribution in [0.1, 0.15) is 17.8 Å². The first-order valence-corrected chi connectivity index (χ1v) is 9.98. The SMILES string of the molecule is C#CCCOc1cc(F)ccc1-n1ncc2c(OCc3ccccc3)nc(CN=[N+]=[N-])nc21. The molecule has 0 fully saturated rings. The van der Waals surface area contributed by atoms with Crippen molar-refractivity contribution in [3.05, 3.63) is 82.4 Å². The van der Waals surface area contributed by atoms with E-state index in [1.807, 2.05) is 30.3 Å². The third kappa shape index (κ3) is 5.01. The summed E-state index contributed by atoms with van der Waals surface area (Å²) in [6, 6.07) is 13.7. The van der Waals surface area contributed by atoms with Crippen molar-refractivity contribution in [2.24, 2.45) is 5.11 Å². The minimum atomic E-state index is -0.462. The molecule has 0 atom stereocenters. The van der Waals surface area contributed by atoms with Gasteiger partial charge in [0.25, 0.3) is 0 Å². The van der Waals surface area contributed by atoms with Gasteiger partial charge in [0.15, 0.2) is 5.65 Å². The van der Waals surface area contributed by atoms with Gasteiger partial charge in [0.2, 0.25) is 5.88 Å². The van der Waals surface area contributed by atoms with Gasteiger partial charge in [-0.2, -0.15) is 10.1 Å². The molecule has 0 bridgehead atoms. The van der Waals surface area contributed by atoms with Crippen LogP contribution in [0.25, 0.3) is 27.2 Å². The molecule has 0 spiro atoms. The van der Waals surface area contributed by atoms with Crippen LogP contribution in [0.4, 0.5) is 4.39 Å². The molecule has 0 aliphatic heterocycles. The van der Waals surface area contributed by atoms with E-state index < -0.39 is 5.82 Å². The van der Waals surface area contributed by atoms with Gasteiger partial charge < -0.3 is 9.47 Å². The largest absolute Gasteiger partial charge is 0.490 e. The number of hydrogen-bond donors (Lipinski definition) is 0. The molecule has 9 nitrogen and oxygen atoms in total. The van der Waals surface area contributed by atoms with Crippen LogP contribution in [0.5, 0.6) is 11.6 Å². The fourth-order valence-electron chi connectivity index (χ4n) is 3.10. The molecule has 0 aliphatic carbocycles. The van der Waals surface area contributed by atoms with E-state index >= 15 is 0 Å². The second-order valence-electron chi connectivity index (χ2n) is 6.82. The van der Waals surface area contributed by atoms with Crippen LogP contribution in [0.2, 0.25) is 0 Å². The van der Waals surface area contributed by atoms with Crippen LogP contribution in [0.15, 0.2) is 59.8 Å². The summed E-state index contributed by atoms with van der Waals surface area (Å²) in [5.74, 6) is 2.82. The second-order valence-corrected chi connectivity index (χ2v) is 6.82. The van der Waals surface area contributed by atoms with Crippen LogP contribution >= 0.6 is 0 Å². The van der Waals surface area contributed by atoms with Crippen LogP contribution in [-0.4, -0.2) is 26.4 Å². The Morgan fingerprint density at radius 1 is 1.15 bits per heavy atom. The molecule has 2 heterocycles. The van der Waals surface area contributed by atoms with E-state index in [0.717, 1.165) is 5.56 Å². The van der Waals surface area contributed by atoms with Crippen molar-refractivity contribution in [3.8, 4) is 29.7 Å². The van der Waals surface area contributed by atoms with Gasteiger partial charge in [0, 0.05) is 17.4 Å². The molecule has 0 unspecified atom stereocenters. The van der Waals surface area contributed by atoms with Gasteiger partial charge >= 0.3 is 0 Å². The molecule has 10 heteroatoms. The van der Waals surface area contributed by atoms with Gasteiger partial charge in [-0.15, -0.1) is 12.3 Å². The van der Waals surface area contributed by atoms with E-state index in [2.05, 4.69) is 31.0 Å². The zero-order chi connectivity index (χ0) is 23.0. The number of terminal acetylenes is 1. The number of benzene rings is 2. The van der Waals surface area contributed by atoms with Crippen LogP contribution in [-0.2, 0) is 13.2 Å². The third-order valence-electron chi connectivity index (χ3n) is 4.59. The van der Waals surface area contributed by atoms with E-state index in [0.29, 0.717) is 23.1 Å². The summed E-state index contributed by atoms with van der Waals surface area (Å²) in [6.45, 7) is 0.416. The van der Waals surface area contributed by atoms with Crippen molar-refractivity contribution >= 4 is 11.0 Å². The van der Waals surface area contributed by atoms with E-state index in [-0.39, 0.29) is 37.2 Å². The molecule has 4 rings (SSSR count). The molecule has 33 heavy (non-hydrogen) atoms. The molecular formula is C23H18FN7O2. The lowest BCUT2D eigenvalue weighted by atomic mass is 10.2. The lowest BCUT2D eigenvalue weighted by molar-refractivity contribution is 0.296. The van der Waals surface area contributed by atoms with Crippen LogP contribution in [0, 0.1) is 18.2 Å². The standard InChI is InChI=1S/C23H18FN7O2/c1-2-3-11-32-20-12-17(24)9-10-19(20)31-22-18(13-27-31)23(29-21(28-22)14-26-30-25)33-15-16-7-5-4-6-8-16/h1,4-10,12-13H,3,11,14-15H2. The quantitative estimate of drug-likeness (QED) is 0.122. The normalized spacial score (nSPS) is 10.4. The third-order valence-corrected chi connectivity index (χ3v) is 4.59. The van der Waals surface area contributed by atoms with Gasteiger partial charge in [-0.3, -0.25) is 0 Å². The first-order chi connectivity index (χ1) is 16.2. The highest BCUT2D eigenvalue weighted by Gasteiger charge is 2.18. The maximum absolute atomic E-state index is 13.9. The Labute approximate surface area is 188 Å². The maximum Gasteiger partial charge on any atom is 0.228 e. The molecule has 0 saturated heterocycles. The molecular weight excluding hydrogens is 425 g/mol. The summed E-state index contributed by atoms with van der Waals surface area (Å²) in [4.78, 5) is 11.7. The smallest absolute Gasteiger partial charge is 0.228 e. The van der Waals surface area contributed by atoms with Crippen LogP contribution in [0.3, 0.4) is 0 Å². The molecule has 0 saturated carbocycles. The fraction of sp³-hybridized carbons (Fsp3) is 0.174. The zero-order valence-corrected chi connectivity index (χ0v) is 17.4. The van der Waals surface area contributed by atoms with Gasteiger partial charge in [0.05, 0.1) is 19.3 Å². The van der Waals surface area contributed by atoms with Crippen molar-refractivity contribution < 1.29 is 13.9 Å². The number of azide groups is 1. The molecule has 0 radical (unpaired) electrons. The molecule has 0 aliphatic rings. The molecule has 164 valence electrons. The minimum absolute atomic E-state index is 0.0751. The fourth-order valence-corrected chi connectivity index (χ4v) is 3.10. The van der Waals surface area contributed by atoms with Gasteiger partial charge in [-0.05, 0) is 23.2 Å². The molecule has 0 N–H and O–H groups in total.